The summed E-state index contributed by atoms with van der Waals surface area (Å²) in [5.74, 6) is 0. The summed E-state index contributed by atoms with van der Waals surface area (Å²) in [7, 11) is 1.57. The average molecular weight is 107 g/mol. The van der Waals surface area contributed by atoms with E-state index in [0.717, 1.165) is 0 Å². The maximum absolute atomic E-state index is 2.34. The van der Waals surface area contributed by atoms with Gasteiger partial charge in [-0.15, -0.1) is 0 Å². The molecule has 0 aliphatic rings. The Morgan fingerprint density at radius 2 is 1.20 bits per heavy atom. The molecule has 0 spiro atoms. The number of hydrogen-bond acceptors (Lipinski definition) is 0. The summed E-state index contributed by atoms with van der Waals surface area (Å²) in [5, 5.41) is 0. The van der Waals surface area contributed by atoms with E-state index in [0.29, 0.717) is 0 Å². The molecule has 0 saturated carbocycles. The molecule has 0 saturated heterocycles. The molecule has 32 valence electrons. The zero-order valence-corrected chi connectivity index (χ0v) is 6.62. The Balaban J connectivity index is 3.02. The quantitative estimate of drug-likeness (QED) is 0.324. The van der Waals surface area contributed by atoms with Crippen LogP contribution in [-0.2, 0) is 0 Å². The van der Waals surface area contributed by atoms with Crippen molar-refractivity contribution in [3.05, 3.63) is 0 Å². The van der Waals surface area contributed by atoms with Gasteiger partial charge in [-0.1, -0.05) is 8.79 Å². The van der Waals surface area contributed by atoms with Crippen LogP contribution in [0, 0.1) is 0 Å². The van der Waals surface area contributed by atoms with Crippen LogP contribution in [0.2, 0.25) is 19.6 Å². The van der Waals surface area contributed by atoms with Gasteiger partial charge in [-0.05, 0) is 19.6 Å². The first-order valence-corrected chi connectivity index (χ1v) is 7.68. The lowest BCUT2D eigenvalue weighted by Crippen LogP contribution is -2.05. The van der Waals surface area contributed by atoms with Gasteiger partial charge in [0.1, 0.15) is 0 Å². The third-order valence-electron chi connectivity index (χ3n) is 0. The van der Waals surface area contributed by atoms with Gasteiger partial charge >= 0.3 is 0 Å². The largest absolute Gasteiger partial charge is 0.214 e. The summed E-state index contributed by atoms with van der Waals surface area (Å²) in [6, 6.07) is 0. The lowest BCUT2D eigenvalue weighted by molar-refractivity contribution is 1.88. The molecule has 0 nitrogen and oxygen atoms in total. The Labute approximate surface area is 37.0 Å². The summed E-state index contributed by atoms with van der Waals surface area (Å²) >= 11 is 0. The molecule has 0 rings (SSSR count). The van der Waals surface area contributed by atoms with Gasteiger partial charge in [0, 0.05) is 0 Å². The summed E-state index contributed by atoms with van der Waals surface area (Å²) in [4.78, 5) is 0. The molecule has 1 atom stereocenters. The van der Waals surface area contributed by atoms with Gasteiger partial charge in [-0.2, -0.15) is 0 Å². The molecule has 0 aromatic heterocycles. The molecule has 5 heavy (non-hydrogen) atoms. The molecular formula is C3H12PSi+. The van der Waals surface area contributed by atoms with Crippen molar-refractivity contribution in [2.75, 3.05) is 0 Å². The first-order valence-electron chi connectivity index (χ1n) is 1.85. The van der Waals surface area contributed by atoms with E-state index in [2.05, 4.69) is 28.4 Å². The van der Waals surface area contributed by atoms with Crippen molar-refractivity contribution in [1.82, 2.24) is 0 Å². The SMILES string of the molecule is C[Si](C)(C)[PH3+]. The average Bonchev–Trinajstić information content (AvgIpc) is 0.722. The molecule has 0 aromatic carbocycles. The van der Waals surface area contributed by atoms with E-state index >= 15 is 0 Å². The molecule has 0 fully saturated rings. The highest BCUT2D eigenvalue weighted by atomic mass is 31.3. The third kappa shape index (κ3) is 77.8. The highest BCUT2D eigenvalue weighted by molar-refractivity contribution is 7.68. The van der Waals surface area contributed by atoms with Gasteiger partial charge in [-0.25, -0.2) is 0 Å². The lowest BCUT2D eigenvalue weighted by Gasteiger charge is -1.92. The van der Waals surface area contributed by atoms with Gasteiger partial charge in [0.2, 0.25) is 7.74 Å². The van der Waals surface area contributed by atoms with Crippen LogP contribution in [0.4, 0.5) is 0 Å². The molecule has 0 amide bonds. The second-order valence-corrected chi connectivity index (χ2v) is 14.0. The van der Waals surface area contributed by atoms with E-state index in [1.54, 1.807) is 0 Å². The predicted molar refractivity (Wildman–Crippen MR) is 34.5 cm³/mol. The number of hydrogen-bond donors (Lipinski definition) is 0. The van der Waals surface area contributed by atoms with Gasteiger partial charge in [-0.3, -0.25) is 0 Å². The van der Waals surface area contributed by atoms with E-state index in [9.17, 15) is 0 Å². The van der Waals surface area contributed by atoms with Crippen LogP contribution in [0.3, 0.4) is 0 Å². The monoisotopic (exact) mass is 107 g/mol. The maximum atomic E-state index is 2.34. The van der Waals surface area contributed by atoms with Gasteiger partial charge in [0.05, 0.1) is 0 Å². The smallest absolute Gasteiger partial charge is 0.0605 e. The van der Waals surface area contributed by atoms with Crippen LogP contribution in [0.25, 0.3) is 0 Å². The minimum atomic E-state index is -0.583. The maximum Gasteiger partial charge on any atom is 0.214 e. The first-order chi connectivity index (χ1) is 2.00. The molecule has 0 heterocycles. The minimum Gasteiger partial charge on any atom is -0.0605 e. The molecule has 0 bridgehead atoms. The van der Waals surface area contributed by atoms with E-state index in [1.165, 1.54) is 0 Å². The van der Waals surface area contributed by atoms with E-state index in [4.69, 9.17) is 0 Å². The fourth-order valence-corrected chi connectivity index (χ4v) is 0. The van der Waals surface area contributed by atoms with Crippen molar-refractivity contribution < 1.29 is 0 Å². The standard InChI is InChI=1S/C3H12PSi/c1-5(2,3)4/h1-4H3/q+1. The van der Waals surface area contributed by atoms with E-state index < -0.39 is 7.74 Å². The van der Waals surface area contributed by atoms with Crippen LogP contribution >= 0.6 is 8.79 Å². The minimum absolute atomic E-state index is 0.583. The molecule has 2 heteroatoms. The second-order valence-electron chi connectivity index (χ2n) is 2.56. The van der Waals surface area contributed by atoms with Crippen LogP contribution in [0.5, 0.6) is 0 Å². The van der Waals surface area contributed by atoms with Gasteiger partial charge < -0.3 is 0 Å². The highest BCUT2D eigenvalue weighted by Crippen LogP contribution is 2.07. The lowest BCUT2D eigenvalue weighted by atomic mass is 11.8. The Morgan fingerprint density at radius 1 is 1.20 bits per heavy atom. The van der Waals surface area contributed by atoms with Crippen molar-refractivity contribution in [2.24, 2.45) is 0 Å². The fourth-order valence-electron chi connectivity index (χ4n) is 0. The summed E-state index contributed by atoms with van der Waals surface area (Å²) in [6.07, 6.45) is 0. The molecule has 0 aromatic rings. The Kier molecular flexibility index (Phi) is 1.58. The van der Waals surface area contributed by atoms with Crippen molar-refractivity contribution in [3.8, 4) is 0 Å². The first kappa shape index (κ1) is 5.65. The Morgan fingerprint density at radius 3 is 1.20 bits per heavy atom. The molecular weight excluding hydrogens is 95.1 g/mol. The van der Waals surface area contributed by atoms with Crippen LogP contribution < -0.4 is 0 Å². The van der Waals surface area contributed by atoms with Crippen molar-refractivity contribution in [1.29, 1.82) is 0 Å². The van der Waals surface area contributed by atoms with E-state index in [1.807, 2.05) is 0 Å². The molecule has 1 unspecified atom stereocenters. The van der Waals surface area contributed by atoms with Crippen LogP contribution in [0.15, 0.2) is 0 Å². The molecule has 0 N–H and O–H groups in total. The Bertz CT molecular complexity index is 22.4. The van der Waals surface area contributed by atoms with Crippen molar-refractivity contribution in [2.45, 2.75) is 19.6 Å². The zero-order valence-electron chi connectivity index (χ0n) is 4.21. The highest BCUT2D eigenvalue weighted by Gasteiger charge is 2.09. The summed E-state index contributed by atoms with van der Waals surface area (Å²) in [6.45, 7) is 7.02. The Hall–Kier alpha value is 0.647. The third-order valence-corrected chi connectivity index (χ3v) is 0. The fraction of sp³-hybridized carbons (Fsp3) is 1.00. The number of rotatable bonds is 0. The summed E-state index contributed by atoms with van der Waals surface area (Å²) in [5.41, 5.74) is 0. The van der Waals surface area contributed by atoms with Crippen molar-refractivity contribution in [3.63, 3.8) is 0 Å². The van der Waals surface area contributed by atoms with Crippen LogP contribution in [0.1, 0.15) is 0 Å². The molecule has 0 aliphatic carbocycles. The predicted octanol–water partition coefficient (Wildman–Crippen LogP) is 1.43. The molecule has 0 aliphatic heterocycles. The van der Waals surface area contributed by atoms with E-state index in [-0.39, 0.29) is 0 Å². The normalized spacial score (nSPS) is 12.6. The van der Waals surface area contributed by atoms with Gasteiger partial charge in [0.25, 0.3) is 0 Å². The summed E-state index contributed by atoms with van der Waals surface area (Å²) < 4.78 is 0. The topological polar surface area (TPSA) is 0 Å². The van der Waals surface area contributed by atoms with Crippen molar-refractivity contribution >= 4 is 16.5 Å². The second kappa shape index (κ2) is 1.40. The molecule has 0 radical (unpaired) electrons. The van der Waals surface area contributed by atoms with Crippen LogP contribution in [-0.4, -0.2) is 7.74 Å². The zero-order chi connectivity index (χ0) is 4.50. The van der Waals surface area contributed by atoms with Gasteiger partial charge in [0.15, 0.2) is 0 Å².